The Morgan fingerprint density at radius 2 is 1.35 bits per heavy atom. The summed E-state index contributed by atoms with van der Waals surface area (Å²) in [5.41, 5.74) is 3.00. The van der Waals surface area contributed by atoms with Gasteiger partial charge in [-0.25, -0.2) is 9.59 Å². The molecule has 1 aliphatic heterocycles. The van der Waals surface area contributed by atoms with Gasteiger partial charge < -0.3 is 30.7 Å². The molecule has 0 radical (unpaired) electrons. The summed E-state index contributed by atoms with van der Waals surface area (Å²) in [5.74, 6) is -2.39. The average Bonchev–Trinajstić information content (AvgIpc) is 3.30. The smallest absolute Gasteiger partial charge is 0.408 e. The molecule has 0 aromatic heterocycles. The van der Waals surface area contributed by atoms with Gasteiger partial charge in [-0.1, -0.05) is 66.7 Å². The summed E-state index contributed by atoms with van der Waals surface area (Å²) in [5, 5.41) is 5.63. The van der Waals surface area contributed by atoms with Crippen molar-refractivity contribution >= 4 is 46.6 Å². The van der Waals surface area contributed by atoms with E-state index in [1.165, 1.54) is 6.42 Å². The Bertz CT molecular complexity index is 1330. The standard InChI is InChI=1S/C30H48N4O6.C8H13ClO2/c1-28(2,3)23(33-27(39)40-30(6)13-8-7-9-14-30)26(38)34-16-18-20(29(18,4)5)21(34)25(37)32-19(22(35)24(31)36)15-17-11-10-12-17;1-8(11-7(9)10)5-3-2-4-6-8/h17-21,23H,7-16H2,1-6H3,(H2,31,36)(H,32,37)(H,33,39);2-6H2,1H3/t18?,19?,20-,21-,23+;/m0./s1. The van der Waals surface area contributed by atoms with Gasteiger partial charge in [-0.3, -0.25) is 19.2 Å². The predicted molar refractivity (Wildman–Crippen MR) is 193 cm³/mol. The van der Waals surface area contributed by atoms with Crippen LogP contribution >= 0.6 is 11.6 Å². The lowest BCUT2D eigenvalue weighted by Crippen LogP contribution is -2.61. The third-order valence-electron chi connectivity index (χ3n) is 12.3. The van der Waals surface area contributed by atoms with Crippen LogP contribution in [0.2, 0.25) is 0 Å². The van der Waals surface area contributed by atoms with Crippen molar-refractivity contribution < 1.29 is 38.2 Å². The zero-order valence-corrected chi connectivity index (χ0v) is 32.5. The summed E-state index contributed by atoms with van der Waals surface area (Å²) in [7, 11) is 0. The minimum atomic E-state index is -1.07. The van der Waals surface area contributed by atoms with Crippen LogP contribution in [0.5, 0.6) is 0 Å². The second kappa shape index (κ2) is 16.0. The number of carbonyl (C=O) groups is 6. The van der Waals surface area contributed by atoms with Gasteiger partial charge in [0, 0.05) is 18.1 Å². The van der Waals surface area contributed by atoms with Crippen molar-refractivity contribution in [3.8, 4) is 0 Å². The number of ether oxygens (including phenoxy) is 2. The molecule has 4 saturated carbocycles. The number of likely N-dealkylation sites (tertiary alicyclic amines) is 1. The number of Topliss-reactive ketones (excluding diaryl/α,β-unsaturated/α-hetero) is 1. The quantitative estimate of drug-likeness (QED) is 0.177. The molecular weight excluding hydrogens is 676 g/mol. The van der Waals surface area contributed by atoms with Crippen molar-refractivity contribution in [2.24, 2.45) is 34.3 Å². The SMILES string of the molecule is CC1(OC(=O)Cl)CCCCC1.CC1(OC(=O)N[C@H](C(=O)N2CC3[C@@H]([C@H]2C(=O)NC(CC2CCC2)C(=O)C(N)=O)C3(C)C)C(C)(C)C)CCCCC1. The molecule has 0 aromatic rings. The van der Waals surface area contributed by atoms with E-state index >= 15 is 0 Å². The first-order valence-corrected chi connectivity index (χ1v) is 19.4. The Morgan fingerprint density at radius 1 is 0.824 bits per heavy atom. The minimum Gasteiger partial charge on any atom is -0.447 e. The van der Waals surface area contributed by atoms with Crippen LogP contribution in [-0.2, 0) is 28.7 Å². The lowest BCUT2D eigenvalue weighted by atomic mass is 9.80. The van der Waals surface area contributed by atoms with Crippen LogP contribution in [0, 0.1) is 28.6 Å². The molecule has 0 bridgehead atoms. The maximum absolute atomic E-state index is 14.1. The molecule has 12 nitrogen and oxygen atoms in total. The molecule has 51 heavy (non-hydrogen) atoms. The second-order valence-corrected chi connectivity index (χ2v) is 18.2. The van der Waals surface area contributed by atoms with Gasteiger partial charge in [-0.15, -0.1) is 0 Å². The van der Waals surface area contributed by atoms with Crippen molar-refractivity contribution in [2.45, 2.75) is 168 Å². The van der Waals surface area contributed by atoms with E-state index in [1.54, 1.807) is 4.90 Å². The number of hydrogen-bond donors (Lipinski definition) is 3. The van der Waals surface area contributed by atoms with Gasteiger partial charge >= 0.3 is 11.5 Å². The zero-order chi connectivity index (χ0) is 37.9. The van der Waals surface area contributed by atoms with Gasteiger partial charge in [0.15, 0.2) is 0 Å². The molecule has 4 N–H and O–H groups in total. The van der Waals surface area contributed by atoms with Crippen molar-refractivity contribution in [1.29, 1.82) is 0 Å². The van der Waals surface area contributed by atoms with Crippen LogP contribution in [0.25, 0.3) is 0 Å². The molecule has 2 unspecified atom stereocenters. The fraction of sp³-hybridized carbons (Fsp3) is 0.842. The number of nitrogens with one attached hydrogen (secondary N) is 2. The Balaban J connectivity index is 0.000000452. The van der Waals surface area contributed by atoms with Crippen molar-refractivity contribution in [3.63, 3.8) is 0 Å². The topological polar surface area (TPSA) is 174 Å². The van der Waals surface area contributed by atoms with Crippen LogP contribution in [0.4, 0.5) is 9.59 Å². The Hall–Kier alpha value is -2.89. The highest BCUT2D eigenvalue weighted by molar-refractivity contribution is 6.61. The molecule has 1 saturated heterocycles. The molecule has 0 aromatic carbocycles. The van der Waals surface area contributed by atoms with E-state index in [0.717, 1.165) is 77.0 Å². The number of amides is 4. The molecule has 0 spiro atoms. The van der Waals surface area contributed by atoms with Gasteiger partial charge in [-0.05, 0) is 100 Å². The number of nitrogens with two attached hydrogens (primary N) is 1. The number of rotatable bonds is 10. The summed E-state index contributed by atoms with van der Waals surface area (Å²) in [4.78, 5) is 77.3. The Labute approximate surface area is 308 Å². The number of carbonyl (C=O) groups excluding carboxylic acids is 6. The summed E-state index contributed by atoms with van der Waals surface area (Å²) in [6.45, 7) is 14.0. The molecule has 5 rings (SSSR count). The van der Waals surface area contributed by atoms with Crippen molar-refractivity contribution in [1.82, 2.24) is 15.5 Å². The van der Waals surface area contributed by atoms with Crippen molar-refractivity contribution in [3.05, 3.63) is 0 Å². The lowest BCUT2D eigenvalue weighted by molar-refractivity contribution is -0.145. The number of alkyl carbamates (subject to hydrolysis) is 1. The number of nitrogens with zero attached hydrogens (tertiary/aromatic N) is 1. The highest BCUT2D eigenvalue weighted by Crippen LogP contribution is 2.65. The molecule has 13 heteroatoms. The van der Waals surface area contributed by atoms with Gasteiger partial charge in [0.25, 0.3) is 5.91 Å². The van der Waals surface area contributed by atoms with E-state index in [0.29, 0.717) is 13.0 Å². The number of halogens is 1. The first kappa shape index (κ1) is 40.9. The predicted octanol–water partition coefficient (Wildman–Crippen LogP) is 6.15. The van der Waals surface area contributed by atoms with E-state index in [9.17, 15) is 28.8 Å². The number of piperidine rings is 1. The summed E-state index contributed by atoms with van der Waals surface area (Å²) in [6.07, 6.45) is 12.8. The monoisotopic (exact) mass is 736 g/mol. The highest BCUT2D eigenvalue weighted by Gasteiger charge is 2.70. The molecular formula is C38H61ClN4O8. The van der Waals surface area contributed by atoms with E-state index in [2.05, 4.69) is 24.5 Å². The largest absolute Gasteiger partial charge is 0.447 e. The van der Waals surface area contributed by atoms with Gasteiger partial charge in [0.05, 0.1) is 6.04 Å². The summed E-state index contributed by atoms with van der Waals surface area (Å²) < 4.78 is 10.8. The molecule has 288 valence electrons. The van der Waals surface area contributed by atoms with Crippen LogP contribution in [0.15, 0.2) is 0 Å². The fourth-order valence-electron chi connectivity index (χ4n) is 8.72. The van der Waals surface area contributed by atoms with Crippen LogP contribution in [-0.4, -0.2) is 75.8 Å². The Kier molecular flexibility index (Phi) is 12.8. The highest BCUT2D eigenvalue weighted by atomic mass is 35.5. The number of primary amides is 1. The third-order valence-corrected chi connectivity index (χ3v) is 12.4. The molecule has 4 amide bonds. The number of fused-ring (bicyclic) bond motifs is 1. The number of ketones is 1. The maximum atomic E-state index is 14.1. The molecule has 5 fully saturated rings. The van der Waals surface area contributed by atoms with Crippen molar-refractivity contribution in [2.75, 3.05) is 6.54 Å². The molecule has 1 heterocycles. The molecule has 5 atom stereocenters. The maximum Gasteiger partial charge on any atom is 0.408 e. The first-order chi connectivity index (χ1) is 23.7. The van der Waals surface area contributed by atoms with Gasteiger partial charge in [0.2, 0.25) is 17.6 Å². The van der Waals surface area contributed by atoms with E-state index in [4.69, 9.17) is 26.8 Å². The zero-order valence-electron chi connectivity index (χ0n) is 31.7. The third kappa shape index (κ3) is 10.2. The van der Waals surface area contributed by atoms with E-state index < -0.39 is 58.3 Å². The van der Waals surface area contributed by atoms with Gasteiger partial charge in [-0.2, -0.15) is 0 Å². The van der Waals surface area contributed by atoms with Crippen LogP contribution < -0.4 is 16.4 Å². The van der Waals surface area contributed by atoms with E-state index in [1.807, 2.05) is 34.6 Å². The van der Waals surface area contributed by atoms with E-state index in [-0.39, 0.29) is 34.7 Å². The van der Waals surface area contributed by atoms with Crippen LogP contribution in [0.3, 0.4) is 0 Å². The second-order valence-electron chi connectivity index (χ2n) is 17.9. The lowest BCUT2D eigenvalue weighted by Gasteiger charge is -2.39. The first-order valence-electron chi connectivity index (χ1n) is 19.0. The molecule has 5 aliphatic rings. The van der Waals surface area contributed by atoms with Gasteiger partial charge in [0.1, 0.15) is 23.3 Å². The summed E-state index contributed by atoms with van der Waals surface area (Å²) in [6, 6.07) is -2.73. The normalized spacial score (nSPS) is 27.1. The number of hydrogen-bond acceptors (Lipinski definition) is 8. The molecule has 4 aliphatic carbocycles. The Morgan fingerprint density at radius 3 is 1.80 bits per heavy atom. The van der Waals surface area contributed by atoms with Crippen LogP contribution in [0.1, 0.15) is 138 Å². The average molecular weight is 737 g/mol. The fourth-order valence-corrected chi connectivity index (χ4v) is 8.90. The minimum absolute atomic E-state index is 0.0850. The summed E-state index contributed by atoms with van der Waals surface area (Å²) >= 11 is 5.14.